The monoisotopic (exact) mass is 236 g/mol. The molecular weight excluding hydrogens is 212 g/mol. The molecule has 0 fully saturated rings. The Labute approximate surface area is 104 Å². The van der Waals surface area contributed by atoms with Gasteiger partial charge in [0.2, 0.25) is 0 Å². The Morgan fingerprint density at radius 1 is 1.35 bits per heavy atom. The zero-order valence-electron chi connectivity index (χ0n) is 11.4. The molecular formula is C14H24N2O. The smallest absolute Gasteiger partial charge is 0.128 e. The maximum atomic E-state index is 9.28. The molecule has 1 aromatic rings. The van der Waals surface area contributed by atoms with Crippen molar-refractivity contribution in [3.05, 3.63) is 23.4 Å². The molecule has 0 saturated carbocycles. The van der Waals surface area contributed by atoms with Crippen molar-refractivity contribution in [2.24, 2.45) is 0 Å². The van der Waals surface area contributed by atoms with Gasteiger partial charge in [0.25, 0.3) is 0 Å². The van der Waals surface area contributed by atoms with E-state index in [0.29, 0.717) is 5.92 Å². The summed E-state index contributed by atoms with van der Waals surface area (Å²) in [6, 6.07) is 3.96. The fourth-order valence-electron chi connectivity index (χ4n) is 1.69. The molecule has 1 heterocycles. The van der Waals surface area contributed by atoms with Crippen molar-refractivity contribution in [3.63, 3.8) is 0 Å². The normalized spacial score (nSPS) is 10.9. The van der Waals surface area contributed by atoms with E-state index >= 15 is 0 Å². The van der Waals surface area contributed by atoms with Crippen molar-refractivity contribution in [3.8, 4) is 0 Å². The molecule has 3 heteroatoms. The lowest BCUT2D eigenvalue weighted by Gasteiger charge is -2.20. The molecule has 3 nitrogen and oxygen atoms in total. The number of unbranched alkanes of at least 4 members (excludes halogenated alkanes) is 1. The third kappa shape index (κ3) is 4.00. The van der Waals surface area contributed by atoms with Gasteiger partial charge in [-0.15, -0.1) is 0 Å². The summed E-state index contributed by atoms with van der Waals surface area (Å²) in [5.41, 5.74) is 2.00. The summed E-state index contributed by atoms with van der Waals surface area (Å²) in [4.78, 5) is 6.81. The van der Waals surface area contributed by atoms with Crippen LogP contribution < -0.4 is 4.90 Å². The standard InChI is InChI=1S/C14H24N2O/c1-5-6-7-16(4)14-9-12(10-17)8-13(15-14)11(2)3/h8-9,11,17H,5-7,10H2,1-4H3. The lowest BCUT2D eigenvalue weighted by atomic mass is 10.1. The van der Waals surface area contributed by atoms with Gasteiger partial charge in [-0.2, -0.15) is 0 Å². The number of nitrogens with zero attached hydrogens (tertiary/aromatic N) is 2. The largest absolute Gasteiger partial charge is 0.392 e. The average molecular weight is 236 g/mol. The molecule has 0 radical (unpaired) electrons. The molecule has 1 N–H and O–H groups in total. The van der Waals surface area contributed by atoms with Crippen molar-refractivity contribution in [1.29, 1.82) is 0 Å². The predicted molar refractivity (Wildman–Crippen MR) is 72.4 cm³/mol. The summed E-state index contributed by atoms with van der Waals surface area (Å²) in [6.45, 7) is 7.52. The second kappa shape index (κ2) is 6.60. The highest BCUT2D eigenvalue weighted by molar-refractivity contribution is 5.42. The summed E-state index contributed by atoms with van der Waals surface area (Å²) in [7, 11) is 2.06. The lowest BCUT2D eigenvalue weighted by molar-refractivity contribution is 0.281. The van der Waals surface area contributed by atoms with Crippen LogP contribution in [0.4, 0.5) is 5.82 Å². The number of aliphatic hydroxyl groups excluding tert-OH is 1. The second-order valence-electron chi connectivity index (χ2n) is 4.85. The molecule has 1 aromatic heterocycles. The molecule has 0 aliphatic rings. The van der Waals surface area contributed by atoms with Crippen molar-refractivity contribution in [2.45, 2.75) is 46.1 Å². The Morgan fingerprint density at radius 2 is 2.06 bits per heavy atom. The van der Waals surface area contributed by atoms with Crippen LogP contribution in [0.1, 0.15) is 50.8 Å². The molecule has 0 aliphatic carbocycles. The topological polar surface area (TPSA) is 36.4 Å². The van der Waals surface area contributed by atoms with Gasteiger partial charge in [0, 0.05) is 19.3 Å². The van der Waals surface area contributed by atoms with Gasteiger partial charge in [-0.25, -0.2) is 4.98 Å². The third-order valence-electron chi connectivity index (χ3n) is 2.90. The van der Waals surface area contributed by atoms with Crippen LogP contribution in [0.5, 0.6) is 0 Å². The molecule has 0 unspecified atom stereocenters. The molecule has 0 atom stereocenters. The summed E-state index contributed by atoms with van der Waals surface area (Å²) >= 11 is 0. The van der Waals surface area contributed by atoms with Crippen LogP contribution in [0.2, 0.25) is 0 Å². The second-order valence-corrected chi connectivity index (χ2v) is 4.85. The molecule has 0 bridgehead atoms. The first kappa shape index (κ1) is 14.0. The van der Waals surface area contributed by atoms with Gasteiger partial charge in [0.15, 0.2) is 0 Å². The van der Waals surface area contributed by atoms with Crippen molar-refractivity contribution < 1.29 is 5.11 Å². The minimum Gasteiger partial charge on any atom is -0.392 e. The molecule has 0 aromatic carbocycles. The van der Waals surface area contributed by atoms with E-state index in [4.69, 9.17) is 0 Å². The predicted octanol–water partition coefficient (Wildman–Crippen LogP) is 2.93. The van der Waals surface area contributed by atoms with E-state index in [0.717, 1.165) is 23.6 Å². The first-order chi connectivity index (χ1) is 8.08. The third-order valence-corrected chi connectivity index (χ3v) is 2.90. The molecule has 17 heavy (non-hydrogen) atoms. The molecule has 1 rings (SSSR count). The van der Waals surface area contributed by atoms with E-state index < -0.39 is 0 Å². The Balaban J connectivity index is 2.93. The number of rotatable bonds is 6. The zero-order valence-corrected chi connectivity index (χ0v) is 11.4. The van der Waals surface area contributed by atoms with Crippen LogP contribution in [0.15, 0.2) is 12.1 Å². The molecule has 0 aliphatic heterocycles. The van der Waals surface area contributed by atoms with Crippen LogP contribution in [0.3, 0.4) is 0 Å². The number of hydrogen-bond acceptors (Lipinski definition) is 3. The van der Waals surface area contributed by atoms with Crippen molar-refractivity contribution >= 4 is 5.82 Å². The first-order valence-corrected chi connectivity index (χ1v) is 6.41. The summed E-state index contributed by atoms with van der Waals surface area (Å²) in [5, 5.41) is 9.28. The highest BCUT2D eigenvalue weighted by atomic mass is 16.3. The minimum atomic E-state index is 0.0802. The van der Waals surface area contributed by atoms with Gasteiger partial charge in [0.05, 0.1) is 6.61 Å². The fourth-order valence-corrected chi connectivity index (χ4v) is 1.69. The quantitative estimate of drug-likeness (QED) is 0.825. The maximum absolute atomic E-state index is 9.28. The number of anilines is 1. The van der Waals surface area contributed by atoms with E-state index in [2.05, 4.69) is 37.7 Å². The molecule has 96 valence electrons. The van der Waals surface area contributed by atoms with Gasteiger partial charge in [-0.3, -0.25) is 0 Å². The van der Waals surface area contributed by atoms with E-state index in [1.165, 1.54) is 12.8 Å². The highest BCUT2D eigenvalue weighted by Gasteiger charge is 2.08. The Kier molecular flexibility index (Phi) is 5.42. The Morgan fingerprint density at radius 3 is 2.59 bits per heavy atom. The fraction of sp³-hybridized carbons (Fsp3) is 0.643. The van der Waals surface area contributed by atoms with Crippen molar-refractivity contribution in [2.75, 3.05) is 18.5 Å². The van der Waals surface area contributed by atoms with E-state index in [1.54, 1.807) is 0 Å². The van der Waals surface area contributed by atoms with Gasteiger partial charge < -0.3 is 10.0 Å². The number of pyridine rings is 1. The van der Waals surface area contributed by atoms with Gasteiger partial charge in [0.1, 0.15) is 5.82 Å². The van der Waals surface area contributed by atoms with Crippen LogP contribution in [-0.4, -0.2) is 23.7 Å². The SMILES string of the molecule is CCCCN(C)c1cc(CO)cc(C(C)C)n1. The van der Waals surface area contributed by atoms with E-state index in [9.17, 15) is 5.11 Å². The molecule has 0 amide bonds. The molecule has 0 spiro atoms. The van der Waals surface area contributed by atoms with Crippen molar-refractivity contribution in [1.82, 2.24) is 4.98 Å². The zero-order chi connectivity index (χ0) is 12.8. The lowest BCUT2D eigenvalue weighted by Crippen LogP contribution is -2.20. The van der Waals surface area contributed by atoms with E-state index in [1.807, 2.05) is 12.1 Å². The van der Waals surface area contributed by atoms with Gasteiger partial charge in [-0.05, 0) is 30.0 Å². The van der Waals surface area contributed by atoms with Crippen LogP contribution in [-0.2, 0) is 6.61 Å². The van der Waals surface area contributed by atoms with Gasteiger partial charge in [-0.1, -0.05) is 27.2 Å². The summed E-state index contributed by atoms with van der Waals surface area (Å²) < 4.78 is 0. The summed E-state index contributed by atoms with van der Waals surface area (Å²) in [6.07, 6.45) is 2.35. The maximum Gasteiger partial charge on any atom is 0.128 e. The number of aliphatic hydroxyl groups is 1. The highest BCUT2D eigenvalue weighted by Crippen LogP contribution is 2.20. The van der Waals surface area contributed by atoms with Gasteiger partial charge >= 0.3 is 0 Å². The Hall–Kier alpha value is -1.09. The van der Waals surface area contributed by atoms with E-state index in [-0.39, 0.29) is 6.61 Å². The van der Waals surface area contributed by atoms with Crippen LogP contribution in [0.25, 0.3) is 0 Å². The minimum absolute atomic E-state index is 0.0802. The summed E-state index contributed by atoms with van der Waals surface area (Å²) in [5.74, 6) is 1.36. The Bertz CT molecular complexity index is 350. The number of hydrogen-bond donors (Lipinski definition) is 1. The number of aromatic nitrogens is 1. The average Bonchev–Trinajstić information content (AvgIpc) is 2.35. The van der Waals surface area contributed by atoms with Crippen LogP contribution in [0, 0.1) is 0 Å². The first-order valence-electron chi connectivity index (χ1n) is 6.41. The molecule has 0 saturated heterocycles. The van der Waals surface area contributed by atoms with Crippen LogP contribution >= 0.6 is 0 Å².